The first-order valence-electron chi connectivity index (χ1n) is 7.00. The molecule has 0 aromatic rings. The summed E-state index contributed by atoms with van der Waals surface area (Å²) in [5.74, 6) is 1.12. The van der Waals surface area contributed by atoms with Crippen LogP contribution in [0.25, 0.3) is 0 Å². The molecule has 5 nitrogen and oxygen atoms in total. The summed E-state index contributed by atoms with van der Waals surface area (Å²) in [6.07, 6.45) is 5.22. The first kappa shape index (κ1) is 12.8. The molecule has 4 aliphatic carbocycles. The number of hydrogen-bond donors (Lipinski definition) is 1. The van der Waals surface area contributed by atoms with Gasteiger partial charge in [-0.05, 0) is 43.9 Å². The third-order valence-corrected chi connectivity index (χ3v) is 4.92. The highest BCUT2D eigenvalue weighted by atomic mass is 16.7. The second-order valence-corrected chi connectivity index (χ2v) is 6.66. The second kappa shape index (κ2) is 4.12. The van der Waals surface area contributed by atoms with Crippen molar-refractivity contribution in [3.8, 4) is 0 Å². The Hall–Kier alpha value is -1.26. The van der Waals surface area contributed by atoms with Crippen LogP contribution in [0.2, 0.25) is 0 Å². The van der Waals surface area contributed by atoms with Crippen LogP contribution in [-0.4, -0.2) is 30.3 Å². The molecule has 0 aromatic heterocycles. The maximum absolute atomic E-state index is 11.5. The van der Waals surface area contributed by atoms with Gasteiger partial charge in [-0.3, -0.25) is 4.79 Å². The minimum Gasteiger partial charge on any atom is -0.438 e. The highest BCUT2D eigenvalue weighted by molar-refractivity contribution is 5.74. The number of carbonyl (C=O) groups excluding carboxylic acids is 2. The first-order chi connectivity index (χ1) is 8.94. The average Bonchev–Trinajstić information content (AvgIpc) is 2.24. The molecule has 0 spiro atoms. The largest absolute Gasteiger partial charge is 0.508 e. The number of hydrogen-bond acceptors (Lipinski definition) is 4. The molecule has 0 radical (unpaired) electrons. The Morgan fingerprint density at radius 3 is 2.32 bits per heavy atom. The van der Waals surface area contributed by atoms with E-state index in [2.05, 4.69) is 10.1 Å². The number of methoxy groups -OCH3 is 1. The van der Waals surface area contributed by atoms with Crippen LogP contribution in [0, 0.1) is 11.8 Å². The Kier molecular flexibility index (Phi) is 2.76. The molecule has 4 rings (SSSR count). The second-order valence-electron chi connectivity index (χ2n) is 6.66. The van der Waals surface area contributed by atoms with Crippen LogP contribution in [0.4, 0.5) is 4.79 Å². The van der Waals surface area contributed by atoms with E-state index in [9.17, 15) is 9.59 Å². The lowest BCUT2D eigenvalue weighted by atomic mass is 9.51. The molecule has 0 aromatic carbocycles. The van der Waals surface area contributed by atoms with Crippen LogP contribution in [0.5, 0.6) is 0 Å². The van der Waals surface area contributed by atoms with Gasteiger partial charge in [0, 0.05) is 18.9 Å². The first-order valence-corrected chi connectivity index (χ1v) is 7.00. The molecule has 19 heavy (non-hydrogen) atoms. The van der Waals surface area contributed by atoms with Crippen LogP contribution in [-0.2, 0) is 14.3 Å². The van der Waals surface area contributed by atoms with Gasteiger partial charge in [0.2, 0.25) is 5.91 Å². The molecule has 4 bridgehead atoms. The van der Waals surface area contributed by atoms with Gasteiger partial charge in [0.25, 0.3) is 0 Å². The molecular weight excluding hydrogens is 246 g/mol. The topological polar surface area (TPSA) is 64.6 Å². The zero-order valence-corrected chi connectivity index (χ0v) is 11.5. The number of rotatable bonds is 2. The van der Waals surface area contributed by atoms with Gasteiger partial charge in [0.05, 0.1) is 7.11 Å². The summed E-state index contributed by atoms with van der Waals surface area (Å²) < 4.78 is 10.2. The molecule has 0 saturated heterocycles. The lowest BCUT2D eigenvalue weighted by molar-refractivity contribution is -0.158. The normalized spacial score (nSPS) is 42.8. The van der Waals surface area contributed by atoms with Crippen molar-refractivity contribution >= 4 is 12.1 Å². The van der Waals surface area contributed by atoms with Gasteiger partial charge in [-0.25, -0.2) is 4.79 Å². The van der Waals surface area contributed by atoms with Gasteiger partial charge in [-0.1, -0.05) is 0 Å². The number of carbonyl (C=O) groups is 2. The summed E-state index contributed by atoms with van der Waals surface area (Å²) in [4.78, 5) is 23.0. The molecular formula is C14H21NO4. The lowest BCUT2D eigenvalue weighted by Gasteiger charge is -2.60. The van der Waals surface area contributed by atoms with Crippen molar-refractivity contribution in [3.05, 3.63) is 0 Å². The summed E-state index contributed by atoms with van der Waals surface area (Å²) in [5.41, 5.74) is -0.580. The number of nitrogens with one attached hydrogen (secondary N) is 1. The fourth-order valence-electron chi connectivity index (χ4n) is 5.04. The van der Waals surface area contributed by atoms with Gasteiger partial charge in [0.15, 0.2) is 0 Å². The highest BCUT2D eigenvalue weighted by Gasteiger charge is 2.60. The van der Waals surface area contributed by atoms with Gasteiger partial charge in [0.1, 0.15) is 5.60 Å². The summed E-state index contributed by atoms with van der Waals surface area (Å²) in [7, 11) is 1.34. The molecule has 0 aliphatic heterocycles. The Bertz CT molecular complexity index is 406. The monoisotopic (exact) mass is 267 g/mol. The molecule has 4 aliphatic rings. The van der Waals surface area contributed by atoms with Gasteiger partial charge < -0.3 is 14.8 Å². The van der Waals surface area contributed by atoms with E-state index in [1.807, 2.05) is 0 Å². The van der Waals surface area contributed by atoms with Crippen molar-refractivity contribution in [1.82, 2.24) is 5.32 Å². The molecule has 4 fully saturated rings. The Balaban J connectivity index is 1.84. The lowest BCUT2D eigenvalue weighted by Crippen LogP contribution is -2.66. The zero-order chi connectivity index (χ0) is 13.7. The van der Waals surface area contributed by atoms with Crippen molar-refractivity contribution < 1.29 is 19.1 Å². The van der Waals surface area contributed by atoms with E-state index in [1.54, 1.807) is 6.92 Å². The quantitative estimate of drug-likeness (QED) is 0.777. The summed E-state index contributed by atoms with van der Waals surface area (Å²) >= 11 is 0. The van der Waals surface area contributed by atoms with E-state index in [0.717, 1.165) is 32.1 Å². The third-order valence-electron chi connectivity index (χ3n) is 4.92. The maximum Gasteiger partial charge on any atom is 0.508 e. The van der Waals surface area contributed by atoms with Crippen LogP contribution in [0.3, 0.4) is 0 Å². The molecule has 1 N–H and O–H groups in total. The van der Waals surface area contributed by atoms with Crippen LogP contribution in [0.15, 0.2) is 0 Å². The number of amides is 1. The van der Waals surface area contributed by atoms with E-state index >= 15 is 0 Å². The maximum atomic E-state index is 11.5. The molecule has 106 valence electrons. The van der Waals surface area contributed by atoms with E-state index in [-0.39, 0.29) is 11.4 Å². The third kappa shape index (κ3) is 2.19. The predicted octanol–water partition coefficient (Wildman–Crippen LogP) is 2.00. The average molecular weight is 267 g/mol. The van der Waals surface area contributed by atoms with Crippen LogP contribution < -0.4 is 5.32 Å². The molecule has 0 heterocycles. The smallest absolute Gasteiger partial charge is 0.438 e. The fraction of sp³-hybridized carbons (Fsp3) is 0.857. The van der Waals surface area contributed by atoms with Crippen molar-refractivity contribution in [3.63, 3.8) is 0 Å². The van der Waals surface area contributed by atoms with E-state index < -0.39 is 11.8 Å². The van der Waals surface area contributed by atoms with Gasteiger partial charge in [-0.2, -0.15) is 0 Å². The van der Waals surface area contributed by atoms with Crippen LogP contribution >= 0.6 is 0 Å². The zero-order valence-electron chi connectivity index (χ0n) is 11.5. The molecule has 2 atom stereocenters. The van der Waals surface area contributed by atoms with Crippen molar-refractivity contribution in [2.45, 2.75) is 56.6 Å². The summed E-state index contributed by atoms with van der Waals surface area (Å²) in [6, 6.07) is 0. The summed E-state index contributed by atoms with van der Waals surface area (Å²) in [5, 5.41) is 3.13. The van der Waals surface area contributed by atoms with Crippen molar-refractivity contribution in [2.75, 3.05) is 7.11 Å². The molecule has 4 saturated carbocycles. The Morgan fingerprint density at radius 2 is 1.79 bits per heavy atom. The van der Waals surface area contributed by atoms with Crippen molar-refractivity contribution in [2.24, 2.45) is 11.8 Å². The summed E-state index contributed by atoms with van der Waals surface area (Å²) in [6.45, 7) is 1.56. The standard InChI is InChI=1S/C14H21NO4/c1-9(16)15-13-4-10-3-11(5-13)7-14(6-10,8-13)19-12(17)18-2/h10-11H,3-8H2,1-2H3,(H,15,16). The Morgan fingerprint density at radius 1 is 1.16 bits per heavy atom. The Labute approximate surface area is 113 Å². The van der Waals surface area contributed by atoms with Gasteiger partial charge >= 0.3 is 6.16 Å². The van der Waals surface area contributed by atoms with E-state index in [1.165, 1.54) is 13.5 Å². The number of ether oxygens (including phenoxy) is 2. The molecule has 2 unspecified atom stereocenters. The van der Waals surface area contributed by atoms with E-state index in [0.29, 0.717) is 11.8 Å². The predicted molar refractivity (Wildman–Crippen MR) is 67.5 cm³/mol. The van der Waals surface area contributed by atoms with Crippen LogP contribution in [0.1, 0.15) is 45.4 Å². The molecule has 5 heteroatoms. The fourth-order valence-corrected chi connectivity index (χ4v) is 5.04. The highest BCUT2D eigenvalue weighted by Crippen LogP contribution is 2.58. The minimum atomic E-state index is -0.597. The molecule has 1 amide bonds. The van der Waals surface area contributed by atoms with Gasteiger partial charge in [-0.15, -0.1) is 0 Å². The van der Waals surface area contributed by atoms with E-state index in [4.69, 9.17) is 4.74 Å². The SMILES string of the molecule is COC(=O)OC12CC3CC(CC(NC(C)=O)(C3)C1)C2. The van der Waals surface area contributed by atoms with Crippen molar-refractivity contribution in [1.29, 1.82) is 0 Å². The minimum absolute atomic E-state index is 0.00941.